The lowest BCUT2D eigenvalue weighted by molar-refractivity contribution is -0.115. The summed E-state index contributed by atoms with van der Waals surface area (Å²) in [6.45, 7) is 5.47. The van der Waals surface area contributed by atoms with Crippen molar-refractivity contribution in [2.24, 2.45) is 0 Å². The Bertz CT molecular complexity index is 276. The SMILES string of the molecule is CC(=O)Nn1ccc(C)c1C. The molecule has 0 aliphatic rings. The number of hydrogen-bond donors (Lipinski definition) is 1. The zero-order valence-corrected chi connectivity index (χ0v) is 7.01. The van der Waals surface area contributed by atoms with Crippen molar-refractivity contribution < 1.29 is 4.79 Å². The highest BCUT2D eigenvalue weighted by atomic mass is 16.2. The summed E-state index contributed by atoms with van der Waals surface area (Å²) in [6, 6.07) is 1.96. The first kappa shape index (κ1) is 7.85. The molecule has 0 aliphatic heterocycles. The number of nitrogens with one attached hydrogen (secondary N) is 1. The number of hydrogen-bond acceptors (Lipinski definition) is 1. The third-order valence-corrected chi connectivity index (χ3v) is 1.68. The van der Waals surface area contributed by atoms with Gasteiger partial charge in [-0.1, -0.05) is 0 Å². The molecule has 3 heteroatoms. The monoisotopic (exact) mass is 152 g/mol. The topological polar surface area (TPSA) is 34.0 Å². The van der Waals surface area contributed by atoms with E-state index in [0.29, 0.717) is 0 Å². The van der Waals surface area contributed by atoms with Crippen molar-refractivity contribution in [3.05, 3.63) is 23.5 Å². The van der Waals surface area contributed by atoms with Gasteiger partial charge in [-0.15, -0.1) is 0 Å². The molecular formula is C8H12N2O. The van der Waals surface area contributed by atoms with Crippen molar-refractivity contribution in [3.8, 4) is 0 Å². The van der Waals surface area contributed by atoms with Crippen LogP contribution in [0, 0.1) is 13.8 Å². The molecule has 1 aromatic rings. The number of amides is 1. The summed E-state index contributed by atoms with van der Waals surface area (Å²) in [5.41, 5.74) is 4.92. The third-order valence-electron chi connectivity index (χ3n) is 1.68. The highest BCUT2D eigenvalue weighted by molar-refractivity contribution is 5.81. The molecule has 0 fully saturated rings. The van der Waals surface area contributed by atoms with E-state index in [-0.39, 0.29) is 5.91 Å². The van der Waals surface area contributed by atoms with Gasteiger partial charge in [0.25, 0.3) is 0 Å². The van der Waals surface area contributed by atoms with E-state index in [2.05, 4.69) is 5.43 Å². The number of aromatic nitrogens is 1. The quantitative estimate of drug-likeness (QED) is 0.644. The Morgan fingerprint density at radius 3 is 2.55 bits per heavy atom. The van der Waals surface area contributed by atoms with E-state index in [9.17, 15) is 4.79 Å². The van der Waals surface area contributed by atoms with Crippen LogP contribution in [0.1, 0.15) is 18.2 Å². The molecule has 60 valence electrons. The molecule has 3 nitrogen and oxygen atoms in total. The minimum atomic E-state index is -0.0521. The lowest BCUT2D eigenvalue weighted by Gasteiger charge is -2.05. The molecule has 1 N–H and O–H groups in total. The minimum absolute atomic E-state index is 0.0521. The standard InChI is InChI=1S/C8H12N2O/c1-6-4-5-10(7(6)2)9-8(3)11/h4-5H,1-3H3,(H,9,11). The lowest BCUT2D eigenvalue weighted by atomic mass is 10.3. The Balaban J connectivity index is 2.87. The summed E-state index contributed by atoms with van der Waals surface area (Å²) in [5.74, 6) is -0.0521. The average Bonchev–Trinajstić information content (AvgIpc) is 2.18. The van der Waals surface area contributed by atoms with Crippen molar-refractivity contribution in [1.29, 1.82) is 0 Å². The van der Waals surface area contributed by atoms with Crippen LogP contribution < -0.4 is 5.43 Å². The number of carbonyl (C=O) groups is 1. The maximum Gasteiger partial charge on any atom is 0.235 e. The predicted molar refractivity (Wildman–Crippen MR) is 43.9 cm³/mol. The summed E-state index contributed by atoms with van der Waals surface area (Å²) in [6.07, 6.45) is 1.84. The minimum Gasteiger partial charge on any atom is -0.274 e. The zero-order chi connectivity index (χ0) is 8.43. The number of nitrogens with zero attached hydrogens (tertiary/aromatic N) is 1. The van der Waals surface area contributed by atoms with Crippen LogP contribution in [0.3, 0.4) is 0 Å². The van der Waals surface area contributed by atoms with Crippen LogP contribution in [0.4, 0.5) is 0 Å². The first-order valence-electron chi connectivity index (χ1n) is 3.53. The van der Waals surface area contributed by atoms with Crippen molar-refractivity contribution in [1.82, 2.24) is 4.68 Å². The highest BCUT2D eigenvalue weighted by Crippen LogP contribution is 2.05. The van der Waals surface area contributed by atoms with Crippen LogP contribution in [-0.4, -0.2) is 10.6 Å². The fourth-order valence-electron chi connectivity index (χ4n) is 0.899. The molecule has 0 bridgehead atoms. The Morgan fingerprint density at radius 2 is 2.18 bits per heavy atom. The summed E-state index contributed by atoms with van der Waals surface area (Å²) in [7, 11) is 0. The van der Waals surface area contributed by atoms with Crippen molar-refractivity contribution in [2.75, 3.05) is 5.43 Å². The van der Waals surface area contributed by atoms with Crippen LogP contribution in [0.5, 0.6) is 0 Å². The zero-order valence-electron chi connectivity index (χ0n) is 7.01. The van der Waals surface area contributed by atoms with Gasteiger partial charge in [0.05, 0.1) is 0 Å². The second-order valence-electron chi connectivity index (χ2n) is 2.62. The van der Waals surface area contributed by atoms with Gasteiger partial charge in [0.2, 0.25) is 5.91 Å². The van der Waals surface area contributed by atoms with Crippen LogP contribution in [0.2, 0.25) is 0 Å². The molecule has 1 heterocycles. The Labute approximate surface area is 66.0 Å². The average molecular weight is 152 g/mol. The van der Waals surface area contributed by atoms with Gasteiger partial charge in [-0.25, -0.2) is 0 Å². The Hall–Kier alpha value is -1.25. The molecule has 1 amide bonds. The van der Waals surface area contributed by atoms with E-state index < -0.39 is 0 Å². The molecule has 0 atom stereocenters. The van der Waals surface area contributed by atoms with Gasteiger partial charge in [0.1, 0.15) is 0 Å². The smallest absolute Gasteiger partial charge is 0.235 e. The summed E-state index contributed by atoms with van der Waals surface area (Å²) >= 11 is 0. The molecule has 0 unspecified atom stereocenters. The fraction of sp³-hybridized carbons (Fsp3) is 0.375. The predicted octanol–water partition coefficient (Wildman–Crippen LogP) is 1.19. The Morgan fingerprint density at radius 1 is 1.55 bits per heavy atom. The molecule has 0 radical (unpaired) electrons. The van der Waals surface area contributed by atoms with E-state index >= 15 is 0 Å². The second kappa shape index (κ2) is 2.78. The van der Waals surface area contributed by atoms with Gasteiger partial charge in [0.15, 0.2) is 0 Å². The van der Waals surface area contributed by atoms with Gasteiger partial charge >= 0.3 is 0 Å². The summed E-state index contributed by atoms with van der Waals surface area (Å²) in [4.78, 5) is 10.6. The maximum atomic E-state index is 10.6. The molecule has 0 aliphatic carbocycles. The fourth-order valence-corrected chi connectivity index (χ4v) is 0.899. The molecule has 0 spiro atoms. The number of aryl methyl sites for hydroxylation is 1. The second-order valence-corrected chi connectivity index (χ2v) is 2.62. The van der Waals surface area contributed by atoms with E-state index in [1.807, 2.05) is 26.1 Å². The third kappa shape index (κ3) is 1.61. The van der Waals surface area contributed by atoms with Gasteiger partial charge < -0.3 is 0 Å². The molecule has 11 heavy (non-hydrogen) atoms. The molecule has 1 aromatic heterocycles. The highest BCUT2D eigenvalue weighted by Gasteiger charge is 1.99. The maximum absolute atomic E-state index is 10.6. The summed E-state index contributed by atoms with van der Waals surface area (Å²) < 4.78 is 1.72. The number of carbonyl (C=O) groups excluding carboxylic acids is 1. The lowest BCUT2D eigenvalue weighted by Crippen LogP contribution is -2.19. The van der Waals surface area contributed by atoms with Crippen LogP contribution in [0.15, 0.2) is 12.3 Å². The van der Waals surface area contributed by atoms with Crippen LogP contribution >= 0.6 is 0 Å². The molecule has 1 rings (SSSR count). The molecular weight excluding hydrogens is 140 g/mol. The van der Waals surface area contributed by atoms with Crippen LogP contribution in [0.25, 0.3) is 0 Å². The van der Waals surface area contributed by atoms with Crippen molar-refractivity contribution >= 4 is 5.91 Å². The summed E-state index contributed by atoms with van der Waals surface area (Å²) in [5, 5.41) is 0. The van der Waals surface area contributed by atoms with E-state index in [4.69, 9.17) is 0 Å². The normalized spacial score (nSPS) is 9.73. The van der Waals surface area contributed by atoms with E-state index in [0.717, 1.165) is 5.69 Å². The van der Waals surface area contributed by atoms with E-state index in [1.54, 1.807) is 4.68 Å². The molecule has 0 saturated heterocycles. The van der Waals surface area contributed by atoms with Gasteiger partial charge in [-0.2, -0.15) is 0 Å². The first-order valence-corrected chi connectivity index (χ1v) is 3.53. The van der Waals surface area contributed by atoms with Gasteiger partial charge in [-0.3, -0.25) is 14.9 Å². The Kier molecular flexibility index (Phi) is 1.98. The van der Waals surface area contributed by atoms with Crippen molar-refractivity contribution in [2.45, 2.75) is 20.8 Å². The van der Waals surface area contributed by atoms with Crippen molar-refractivity contribution in [3.63, 3.8) is 0 Å². The van der Waals surface area contributed by atoms with Gasteiger partial charge in [-0.05, 0) is 25.5 Å². The molecule has 0 saturated carbocycles. The molecule has 0 aromatic carbocycles. The first-order chi connectivity index (χ1) is 5.11. The van der Waals surface area contributed by atoms with Crippen LogP contribution in [-0.2, 0) is 4.79 Å². The van der Waals surface area contributed by atoms with Gasteiger partial charge in [0, 0.05) is 18.8 Å². The number of rotatable bonds is 1. The largest absolute Gasteiger partial charge is 0.274 e. The van der Waals surface area contributed by atoms with E-state index in [1.165, 1.54) is 12.5 Å².